The van der Waals surface area contributed by atoms with E-state index in [1.807, 2.05) is 6.08 Å². The average molecular weight is 356 g/mol. The van der Waals surface area contributed by atoms with E-state index in [1.54, 1.807) is 12.2 Å². The van der Waals surface area contributed by atoms with Crippen molar-refractivity contribution in [2.75, 3.05) is 13.2 Å². The quantitative estimate of drug-likeness (QED) is 0.816. The number of aliphatic hydroxyl groups is 1. The fourth-order valence-corrected chi connectivity index (χ4v) is 7.11. The zero-order valence-electron chi connectivity index (χ0n) is 15.0. The maximum atomic E-state index is 13.4. The Bertz CT molecular complexity index is 794. The smallest absolute Gasteiger partial charge is 0.190 e. The highest BCUT2D eigenvalue weighted by Crippen LogP contribution is 2.70. The Hall–Kier alpha value is -1.59. The Balaban J connectivity index is 1.56. The van der Waals surface area contributed by atoms with Gasteiger partial charge in [0, 0.05) is 23.2 Å². The third kappa shape index (κ3) is 1.67. The van der Waals surface area contributed by atoms with Gasteiger partial charge in [-0.25, -0.2) is 0 Å². The summed E-state index contributed by atoms with van der Waals surface area (Å²) in [4.78, 5) is 37.7. The van der Waals surface area contributed by atoms with E-state index in [1.165, 1.54) is 0 Å². The summed E-state index contributed by atoms with van der Waals surface area (Å²) in [5.41, 5.74) is -0.665. The van der Waals surface area contributed by atoms with Crippen molar-refractivity contribution in [1.29, 1.82) is 0 Å². The molecule has 0 aromatic heterocycles. The van der Waals surface area contributed by atoms with E-state index < -0.39 is 17.6 Å². The monoisotopic (exact) mass is 356 g/mol. The minimum atomic E-state index is -0.942. The SMILES string of the molecule is C[C@]12C=CC(=O)C=C1CC[C@@H]1C2C(=O)C[C@]23CO[C@]2(C(=O)CO)CC[C@@H]13. The molecule has 5 aliphatic rings. The molecule has 5 heteroatoms. The highest BCUT2D eigenvalue weighted by atomic mass is 16.5. The molecule has 0 aromatic carbocycles. The van der Waals surface area contributed by atoms with Crippen molar-refractivity contribution in [3.63, 3.8) is 0 Å². The third-order valence-electron chi connectivity index (χ3n) is 8.27. The van der Waals surface area contributed by atoms with Crippen molar-refractivity contribution in [3.8, 4) is 0 Å². The van der Waals surface area contributed by atoms with E-state index in [2.05, 4.69) is 6.92 Å². The maximum Gasteiger partial charge on any atom is 0.190 e. The zero-order valence-corrected chi connectivity index (χ0v) is 15.0. The van der Waals surface area contributed by atoms with Gasteiger partial charge in [0.1, 0.15) is 18.0 Å². The highest BCUT2D eigenvalue weighted by Gasteiger charge is 2.75. The molecule has 6 atom stereocenters. The number of allylic oxidation sites excluding steroid dienone is 4. The molecule has 0 aromatic rings. The third-order valence-corrected chi connectivity index (χ3v) is 8.27. The largest absolute Gasteiger partial charge is 0.388 e. The molecule has 1 spiro atoms. The van der Waals surface area contributed by atoms with Crippen LogP contribution in [0, 0.1) is 28.6 Å². The Morgan fingerprint density at radius 3 is 2.85 bits per heavy atom. The molecule has 1 N–H and O–H groups in total. The van der Waals surface area contributed by atoms with E-state index in [4.69, 9.17) is 4.74 Å². The van der Waals surface area contributed by atoms with Crippen molar-refractivity contribution in [2.24, 2.45) is 28.6 Å². The van der Waals surface area contributed by atoms with Gasteiger partial charge in [-0.3, -0.25) is 14.4 Å². The van der Waals surface area contributed by atoms with E-state index in [-0.39, 0.29) is 40.5 Å². The van der Waals surface area contributed by atoms with Crippen LogP contribution < -0.4 is 0 Å². The molecule has 5 rings (SSSR count). The Labute approximate surface area is 152 Å². The lowest BCUT2D eigenvalue weighted by atomic mass is 9.45. The van der Waals surface area contributed by atoms with Gasteiger partial charge in [0.2, 0.25) is 0 Å². The molecule has 1 unspecified atom stereocenters. The number of hydrogen-bond donors (Lipinski definition) is 1. The van der Waals surface area contributed by atoms with Gasteiger partial charge in [-0.1, -0.05) is 18.6 Å². The van der Waals surface area contributed by atoms with Crippen LogP contribution in [0.4, 0.5) is 0 Å². The van der Waals surface area contributed by atoms with Gasteiger partial charge in [0.05, 0.1) is 6.61 Å². The molecule has 0 amide bonds. The standard InChI is InChI=1S/C21H24O5/c1-19-6-4-13(23)8-12(19)2-3-14-15-5-7-21(17(25)10-22)20(15,11-26-21)9-16(24)18(14)19/h4,6,8,14-15,18,22H,2-3,5,7,9-11H2,1H3/t14-,15-,18?,19-,20+,21-/m0/s1. The Morgan fingerprint density at radius 1 is 1.35 bits per heavy atom. The minimum Gasteiger partial charge on any atom is -0.388 e. The first-order valence-corrected chi connectivity index (χ1v) is 9.63. The van der Waals surface area contributed by atoms with Gasteiger partial charge >= 0.3 is 0 Å². The summed E-state index contributed by atoms with van der Waals surface area (Å²) in [7, 11) is 0. The molecule has 0 radical (unpaired) electrons. The molecule has 1 aliphatic heterocycles. The fourth-order valence-electron chi connectivity index (χ4n) is 7.11. The second-order valence-corrected chi connectivity index (χ2v) is 9.01. The van der Waals surface area contributed by atoms with Gasteiger partial charge < -0.3 is 9.84 Å². The highest BCUT2D eigenvalue weighted by molar-refractivity contribution is 6.02. The molecule has 26 heavy (non-hydrogen) atoms. The summed E-state index contributed by atoms with van der Waals surface area (Å²) < 4.78 is 5.80. The summed E-state index contributed by atoms with van der Waals surface area (Å²) in [5.74, 6) is 0.314. The van der Waals surface area contributed by atoms with Crippen LogP contribution in [0.2, 0.25) is 0 Å². The molecule has 4 aliphatic carbocycles. The van der Waals surface area contributed by atoms with Crippen LogP contribution in [-0.4, -0.2) is 41.3 Å². The van der Waals surface area contributed by atoms with Crippen LogP contribution >= 0.6 is 0 Å². The van der Waals surface area contributed by atoms with Crippen molar-refractivity contribution in [1.82, 2.24) is 0 Å². The average Bonchev–Trinajstić information content (AvgIpc) is 2.83. The van der Waals surface area contributed by atoms with Crippen molar-refractivity contribution in [2.45, 2.75) is 44.6 Å². The first-order chi connectivity index (χ1) is 12.4. The van der Waals surface area contributed by atoms with Gasteiger partial charge in [-0.2, -0.15) is 0 Å². The first-order valence-electron chi connectivity index (χ1n) is 9.63. The fraction of sp³-hybridized carbons (Fsp3) is 0.667. The van der Waals surface area contributed by atoms with E-state index in [0.717, 1.165) is 24.8 Å². The van der Waals surface area contributed by atoms with Gasteiger partial charge in [0.25, 0.3) is 0 Å². The number of Topliss-reactive ketones (excluding diaryl/α,β-unsaturated/α-hetero) is 2. The zero-order chi connectivity index (χ0) is 18.3. The first kappa shape index (κ1) is 16.6. The van der Waals surface area contributed by atoms with Crippen molar-refractivity contribution in [3.05, 3.63) is 23.8 Å². The lowest BCUT2D eigenvalue weighted by Gasteiger charge is -2.62. The number of ketones is 3. The van der Waals surface area contributed by atoms with Crippen LogP contribution in [-0.2, 0) is 19.1 Å². The van der Waals surface area contributed by atoms with Crippen molar-refractivity contribution < 1.29 is 24.2 Å². The van der Waals surface area contributed by atoms with Gasteiger partial charge in [-0.05, 0) is 49.7 Å². The topological polar surface area (TPSA) is 80.7 Å². The van der Waals surface area contributed by atoms with E-state index >= 15 is 0 Å². The lowest BCUT2D eigenvalue weighted by molar-refractivity contribution is -0.267. The van der Waals surface area contributed by atoms with Crippen molar-refractivity contribution >= 4 is 17.3 Å². The molecule has 1 heterocycles. The number of rotatable bonds is 2. The summed E-state index contributed by atoms with van der Waals surface area (Å²) in [6.07, 6.45) is 8.81. The number of carbonyl (C=O) groups excluding carboxylic acids is 3. The molecule has 4 fully saturated rings. The molecular weight excluding hydrogens is 332 g/mol. The number of ether oxygens (including phenoxy) is 1. The van der Waals surface area contributed by atoms with Crippen LogP contribution in [0.15, 0.2) is 23.8 Å². The van der Waals surface area contributed by atoms with Gasteiger partial charge in [0.15, 0.2) is 11.6 Å². The summed E-state index contributed by atoms with van der Waals surface area (Å²) in [5, 5.41) is 9.45. The summed E-state index contributed by atoms with van der Waals surface area (Å²) >= 11 is 0. The van der Waals surface area contributed by atoms with E-state index in [9.17, 15) is 19.5 Å². The number of carbonyl (C=O) groups is 3. The molecule has 3 saturated carbocycles. The molecule has 1 saturated heterocycles. The maximum absolute atomic E-state index is 13.4. The van der Waals surface area contributed by atoms with Crippen LogP contribution in [0.1, 0.15) is 39.0 Å². The predicted octanol–water partition coefficient (Wildman–Crippen LogP) is 1.78. The number of fused-ring (bicyclic) bond motifs is 4. The lowest BCUT2D eigenvalue weighted by Crippen LogP contribution is -2.71. The van der Waals surface area contributed by atoms with Crippen LogP contribution in [0.5, 0.6) is 0 Å². The van der Waals surface area contributed by atoms with Crippen LogP contribution in [0.25, 0.3) is 0 Å². The minimum absolute atomic E-state index is 0.0106. The molecular formula is C21H24O5. The summed E-state index contributed by atoms with van der Waals surface area (Å²) in [6.45, 7) is 2.02. The second-order valence-electron chi connectivity index (χ2n) is 9.01. The van der Waals surface area contributed by atoms with E-state index in [0.29, 0.717) is 19.4 Å². The van der Waals surface area contributed by atoms with Crippen LogP contribution in [0.3, 0.4) is 0 Å². The normalized spacial score (nSPS) is 48.7. The molecule has 5 nitrogen and oxygen atoms in total. The van der Waals surface area contributed by atoms with Gasteiger partial charge in [-0.15, -0.1) is 0 Å². The Kier molecular flexibility index (Phi) is 3.20. The molecule has 138 valence electrons. The number of hydrogen-bond acceptors (Lipinski definition) is 5. The second kappa shape index (κ2) is 5.02. The molecule has 0 bridgehead atoms. The Morgan fingerprint density at radius 2 is 2.15 bits per heavy atom. The summed E-state index contributed by atoms with van der Waals surface area (Å²) in [6, 6.07) is 0. The predicted molar refractivity (Wildman–Crippen MR) is 92.1 cm³/mol. The number of aliphatic hydroxyl groups excluding tert-OH is 1.